The Morgan fingerprint density at radius 3 is 2.18 bits per heavy atom. The summed E-state index contributed by atoms with van der Waals surface area (Å²) in [5.74, 6) is 0.450. The molecule has 0 bridgehead atoms. The molecule has 1 aliphatic heterocycles. The predicted molar refractivity (Wildman–Crippen MR) is 69.0 cm³/mol. The standard InChI is InChI=1S/C14H18N2O/c15-11-1-3-12(4-2-11)16-7-5-14(6-8-16)9-13(17)10-14/h1-4H,5-10,15H2. The van der Waals surface area contributed by atoms with Crippen LogP contribution in [0.25, 0.3) is 0 Å². The number of anilines is 2. The zero-order valence-electron chi connectivity index (χ0n) is 9.98. The van der Waals surface area contributed by atoms with Crippen LogP contribution in [0.5, 0.6) is 0 Å². The van der Waals surface area contributed by atoms with Crippen molar-refractivity contribution in [1.82, 2.24) is 0 Å². The van der Waals surface area contributed by atoms with E-state index in [9.17, 15) is 4.79 Å². The summed E-state index contributed by atoms with van der Waals surface area (Å²) in [7, 11) is 0. The number of nitrogens with two attached hydrogens (primary N) is 1. The van der Waals surface area contributed by atoms with E-state index in [-0.39, 0.29) is 0 Å². The van der Waals surface area contributed by atoms with Crippen molar-refractivity contribution < 1.29 is 4.79 Å². The van der Waals surface area contributed by atoms with Crippen molar-refractivity contribution in [3.63, 3.8) is 0 Å². The number of Topliss-reactive ketones (excluding diaryl/α,β-unsaturated/α-hetero) is 1. The van der Waals surface area contributed by atoms with Gasteiger partial charge in [-0.2, -0.15) is 0 Å². The van der Waals surface area contributed by atoms with Crippen LogP contribution >= 0.6 is 0 Å². The molecule has 90 valence electrons. The first kappa shape index (κ1) is 10.6. The van der Waals surface area contributed by atoms with Crippen molar-refractivity contribution in [2.24, 2.45) is 5.41 Å². The molecule has 17 heavy (non-hydrogen) atoms. The van der Waals surface area contributed by atoms with Crippen LogP contribution in [0.15, 0.2) is 24.3 Å². The number of carbonyl (C=O) groups excluding carboxylic acids is 1. The van der Waals surface area contributed by atoms with Crippen molar-refractivity contribution in [3.05, 3.63) is 24.3 Å². The lowest BCUT2D eigenvalue weighted by atomic mass is 9.62. The summed E-state index contributed by atoms with van der Waals surface area (Å²) in [6.45, 7) is 2.13. The number of ketones is 1. The summed E-state index contributed by atoms with van der Waals surface area (Å²) in [4.78, 5) is 13.5. The van der Waals surface area contributed by atoms with Crippen LogP contribution in [-0.4, -0.2) is 18.9 Å². The van der Waals surface area contributed by atoms with Crippen molar-refractivity contribution in [2.45, 2.75) is 25.7 Å². The first-order valence-corrected chi connectivity index (χ1v) is 6.29. The van der Waals surface area contributed by atoms with Gasteiger partial charge in [0.25, 0.3) is 0 Å². The highest BCUT2D eigenvalue weighted by Gasteiger charge is 2.44. The molecule has 0 unspecified atom stereocenters. The molecule has 1 saturated heterocycles. The molecule has 1 aliphatic carbocycles. The molecule has 1 spiro atoms. The van der Waals surface area contributed by atoms with Gasteiger partial charge in [0.05, 0.1) is 0 Å². The van der Waals surface area contributed by atoms with Crippen LogP contribution in [0.4, 0.5) is 11.4 Å². The SMILES string of the molecule is Nc1ccc(N2CCC3(CC2)CC(=O)C3)cc1. The first-order chi connectivity index (χ1) is 8.17. The van der Waals surface area contributed by atoms with E-state index in [2.05, 4.69) is 17.0 Å². The lowest BCUT2D eigenvalue weighted by Crippen LogP contribution is -2.47. The number of carbonyl (C=O) groups is 1. The van der Waals surface area contributed by atoms with E-state index in [1.54, 1.807) is 0 Å². The minimum absolute atomic E-state index is 0.362. The highest BCUT2D eigenvalue weighted by Crippen LogP contribution is 2.47. The third kappa shape index (κ3) is 1.90. The molecule has 3 nitrogen and oxygen atoms in total. The van der Waals surface area contributed by atoms with Crippen LogP contribution < -0.4 is 10.6 Å². The van der Waals surface area contributed by atoms with Gasteiger partial charge < -0.3 is 10.6 Å². The van der Waals surface area contributed by atoms with Crippen LogP contribution in [0.2, 0.25) is 0 Å². The fourth-order valence-electron chi connectivity index (χ4n) is 3.06. The maximum atomic E-state index is 11.1. The van der Waals surface area contributed by atoms with E-state index in [0.29, 0.717) is 11.2 Å². The minimum atomic E-state index is 0.362. The van der Waals surface area contributed by atoms with Gasteiger partial charge in [-0.3, -0.25) is 4.79 Å². The van der Waals surface area contributed by atoms with Crippen molar-refractivity contribution in [3.8, 4) is 0 Å². The number of hydrogen-bond donors (Lipinski definition) is 1. The van der Waals surface area contributed by atoms with Crippen LogP contribution in [0.1, 0.15) is 25.7 Å². The van der Waals surface area contributed by atoms with Crippen LogP contribution in [0.3, 0.4) is 0 Å². The molecule has 1 aromatic rings. The van der Waals surface area contributed by atoms with Gasteiger partial charge in [-0.15, -0.1) is 0 Å². The lowest BCUT2D eigenvalue weighted by molar-refractivity contribution is -0.133. The zero-order chi connectivity index (χ0) is 11.9. The summed E-state index contributed by atoms with van der Waals surface area (Å²) in [5, 5.41) is 0. The molecular formula is C14H18N2O. The maximum absolute atomic E-state index is 11.1. The number of nitrogen functional groups attached to an aromatic ring is 1. The van der Waals surface area contributed by atoms with Gasteiger partial charge in [0.2, 0.25) is 0 Å². The monoisotopic (exact) mass is 230 g/mol. The van der Waals surface area contributed by atoms with Gasteiger partial charge >= 0.3 is 0 Å². The Balaban J connectivity index is 1.65. The second kappa shape index (κ2) is 3.76. The van der Waals surface area contributed by atoms with E-state index >= 15 is 0 Å². The van der Waals surface area contributed by atoms with Gasteiger partial charge in [0.1, 0.15) is 5.78 Å². The van der Waals surface area contributed by atoms with Crippen LogP contribution in [-0.2, 0) is 4.79 Å². The second-order valence-electron chi connectivity index (χ2n) is 5.47. The number of benzene rings is 1. The smallest absolute Gasteiger partial charge is 0.134 e. The molecule has 0 radical (unpaired) electrons. The third-order valence-electron chi connectivity index (χ3n) is 4.23. The molecule has 0 aromatic heterocycles. The zero-order valence-corrected chi connectivity index (χ0v) is 9.98. The molecule has 2 fully saturated rings. The number of nitrogens with zero attached hydrogens (tertiary/aromatic N) is 1. The topological polar surface area (TPSA) is 46.3 Å². The lowest BCUT2D eigenvalue weighted by Gasteiger charge is -2.47. The van der Waals surface area contributed by atoms with E-state index in [1.165, 1.54) is 5.69 Å². The number of hydrogen-bond acceptors (Lipinski definition) is 3. The summed E-state index contributed by atoms with van der Waals surface area (Å²) >= 11 is 0. The summed E-state index contributed by atoms with van der Waals surface area (Å²) in [6, 6.07) is 8.07. The highest BCUT2D eigenvalue weighted by molar-refractivity contribution is 5.86. The summed E-state index contributed by atoms with van der Waals surface area (Å²) in [6.07, 6.45) is 3.96. The quantitative estimate of drug-likeness (QED) is 0.752. The Kier molecular flexibility index (Phi) is 2.35. The Bertz CT molecular complexity index is 420. The second-order valence-corrected chi connectivity index (χ2v) is 5.47. The molecule has 0 atom stereocenters. The molecule has 3 heteroatoms. The van der Waals surface area contributed by atoms with E-state index in [0.717, 1.165) is 44.5 Å². The number of rotatable bonds is 1. The Hall–Kier alpha value is -1.51. The largest absolute Gasteiger partial charge is 0.399 e. The molecule has 0 amide bonds. The fraction of sp³-hybridized carbons (Fsp3) is 0.500. The third-order valence-corrected chi connectivity index (χ3v) is 4.23. The normalized spacial score (nSPS) is 22.6. The average Bonchev–Trinajstić information content (AvgIpc) is 2.30. The Morgan fingerprint density at radius 2 is 1.65 bits per heavy atom. The van der Waals surface area contributed by atoms with Gasteiger partial charge in [-0.25, -0.2) is 0 Å². The van der Waals surface area contributed by atoms with Crippen molar-refractivity contribution in [2.75, 3.05) is 23.7 Å². The highest BCUT2D eigenvalue weighted by atomic mass is 16.1. The molecular weight excluding hydrogens is 212 g/mol. The number of piperidine rings is 1. The molecule has 2 aliphatic rings. The fourth-order valence-corrected chi connectivity index (χ4v) is 3.06. The molecule has 1 heterocycles. The van der Waals surface area contributed by atoms with Crippen LogP contribution in [0, 0.1) is 5.41 Å². The first-order valence-electron chi connectivity index (χ1n) is 6.29. The average molecular weight is 230 g/mol. The Morgan fingerprint density at radius 1 is 1.06 bits per heavy atom. The van der Waals surface area contributed by atoms with Crippen molar-refractivity contribution in [1.29, 1.82) is 0 Å². The van der Waals surface area contributed by atoms with Gasteiger partial charge in [-0.1, -0.05) is 0 Å². The predicted octanol–water partition coefficient (Wildman–Crippen LogP) is 2.22. The van der Waals surface area contributed by atoms with Gasteiger partial charge in [0.15, 0.2) is 0 Å². The van der Waals surface area contributed by atoms with Gasteiger partial charge in [0, 0.05) is 37.3 Å². The van der Waals surface area contributed by atoms with Crippen molar-refractivity contribution >= 4 is 17.2 Å². The maximum Gasteiger partial charge on any atom is 0.134 e. The molecule has 1 saturated carbocycles. The van der Waals surface area contributed by atoms with Gasteiger partial charge in [-0.05, 0) is 42.5 Å². The van der Waals surface area contributed by atoms with E-state index < -0.39 is 0 Å². The summed E-state index contributed by atoms with van der Waals surface area (Å²) in [5.41, 5.74) is 8.11. The Labute approximate surface area is 102 Å². The van der Waals surface area contributed by atoms with E-state index in [4.69, 9.17) is 5.73 Å². The minimum Gasteiger partial charge on any atom is -0.399 e. The molecule has 1 aromatic carbocycles. The van der Waals surface area contributed by atoms with E-state index in [1.807, 2.05) is 12.1 Å². The summed E-state index contributed by atoms with van der Waals surface area (Å²) < 4.78 is 0. The molecule has 3 rings (SSSR count). The molecule has 2 N–H and O–H groups in total.